The first kappa shape index (κ1) is 18.0. The zero-order chi connectivity index (χ0) is 17.1. The number of hydrogen-bond acceptors (Lipinski definition) is 3. The van der Waals surface area contributed by atoms with Gasteiger partial charge in [0, 0.05) is 4.47 Å². The maximum atomic E-state index is 12.4. The number of benzene rings is 2. The Kier molecular flexibility index (Phi) is 5.87. The minimum Gasteiger partial charge on any atom is -0.490 e. The third kappa shape index (κ3) is 4.58. The molecule has 0 aliphatic carbocycles. The summed E-state index contributed by atoms with van der Waals surface area (Å²) >= 11 is 6.86. The van der Waals surface area contributed by atoms with Crippen LogP contribution in [-0.2, 0) is 0 Å². The van der Waals surface area contributed by atoms with Crippen molar-refractivity contribution in [2.75, 3.05) is 0 Å². The minimum atomic E-state index is -0.393. The molecular formula is C18H18Br2O3. The lowest BCUT2D eigenvalue weighted by Crippen LogP contribution is -2.11. The third-order valence-electron chi connectivity index (χ3n) is 3.15. The van der Waals surface area contributed by atoms with Crippen LogP contribution < -0.4 is 9.47 Å². The smallest absolute Gasteiger partial charge is 0.343 e. The summed E-state index contributed by atoms with van der Waals surface area (Å²) in [6.45, 7) is 7.73. The van der Waals surface area contributed by atoms with E-state index >= 15 is 0 Å². The number of esters is 1. The second-order valence-electron chi connectivity index (χ2n) is 5.57. The van der Waals surface area contributed by atoms with Crippen molar-refractivity contribution in [3.8, 4) is 11.5 Å². The molecule has 0 saturated carbocycles. The zero-order valence-corrected chi connectivity index (χ0v) is 16.6. The Balaban J connectivity index is 2.23. The largest absolute Gasteiger partial charge is 0.490 e. The van der Waals surface area contributed by atoms with Crippen LogP contribution in [0.3, 0.4) is 0 Å². The maximum absolute atomic E-state index is 12.4. The fraction of sp³-hybridized carbons (Fsp3) is 0.278. The average Bonchev–Trinajstić information content (AvgIpc) is 2.44. The summed E-state index contributed by atoms with van der Waals surface area (Å²) < 4.78 is 12.9. The summed E-state index contributed by atoms with van der Waals surface area (Å²) in [6.07, 6.45) is 0.0668. The molecule has 2 aromatic rings. The number of ether oxygens (including phenoxy) is 2. The van der Waals surface area contributed by atoms with Gasteiger partial charge in [0.05, 0.1) is 16.1 Å². The van der Waals surface area contributed by atoms with Gasteiger partial charge in [-0.3, -0.25) is 0 Å². The Morgan fingerprint density at radius 2 is 1.65 bits per heavy atom. The van der Waals surface area contributed by atoms with Crippen LogP contribution in [0.25, 0.3) is 0 Å². The van der Waals surface area contributed by atoms with E-state index < -0.39 is 5.97 Å². The van der Waals surface area contributed by atoms with E-state index in [1.165, 1.54) is 0 Å². The molecule has 0 atom stereocenters. The number of rotatable bonds is 4. The summed E-state index contributed by atoms with van der Waals surface area (Å²) in [7, 11) is 0. The van der Waals surface area contributed by atoms with Gasteiger partial charge in [0.25, 0.3) is 0 Å². The molecule has 0 radical (unpaired) electrons. The monoisotopic (exact) mass is 440 g/mol. The molecule has 0 unspecified atom stereocenters. The minimum absolute atomic E-state index is 0.0668. The van der Waals surface area contributed by atoms with Gasteiger partial charge >= 0.3 is 5.97 Å². The maximum Gasteiger partial charge on any atom is 0.343 e. The fourth-order valence-electron chi connectivity index (χ4n) is 2.19. The van der Waals surface area contributed by atoms with Crippen molar-refractivity contribution in [2.24, 2.45) is 0 Å². The van der Waals surface area contributed by atoms with Crippen molar-refractivity contribution >= 4 is 37.8 Å². The molecule has 23 heavy (non-hydrogen) atoms. The van der Waals surface area contributed by atoms with Crippen LogP contribution in [0, 0.1) is 13.8 Å². The van der Waals surface area contributed by atoms with Crippen molar-refractivity contribution in [2.45, 2.75) is 33.8 Å². The molecule has 0 spiro atoms. The lowest BCUT2D eigenvalue weighted by atomic mass is 10.1. The van der Waals surface area contributed by atoms with E-state index in [0.29, 0.717) is 17.1 Å². The predicted molar refractivity (Wildman–Crippen MR) is 98.5 cm³/mol. The van der Waals surface area contributed by atoms with E-state index in [-0.39, 0.29) is 6.10 Å². The molecule has 0 aliphatic rings. The molecule has 0 aromatic heterocycles. The predicted octanol–water partition coefficient (Wildman–Crippen LogP) is 5.83. The molecule has 2 aromatic carbocycles. The van der Waals surface area contributed by atoms with Gasteiger partial charge in [-0.15, -0.1) is 0 Å². The topological polar surface area (TPSA) is 35.5 Å². The van der Waals surface area contributed by atoms with Gasteiger partial charge in [-0.05, 0) is 85.1 Å². The van der Waals surface area contributed by atoms with Gasteiger partial charge in [-0.1, -0.05) is 15.9 Å². The molecule has 0 amide bonds. The molecular weight excluding hydrogens is 424 g/mol. The summed E-state index contributed by atoms with van der Waals surface area (Å²) in [6, 6.07) is 9.02. The van der Waals surface area contributed by atoms with E-state index in [4.69, 9.17) is 9.47 Å². The molecule has 0 bridgehead atoms. The Morgan fingerprint density at radius 1 is 1.04 bits per heavy atom. The van der Waals surface area contributed by atoms with Gasteiger partial charge < -0.3 is 9.47 Å². The Bertz CT molecular complexity index is 716. The van der Waals surface area contributed by atoms with Gasteiger partial charge in [0.2, 0.25) is 0 Å². The van der Waals surface area contributed by atoms with Crippen LogP contribution in [0.1, 0.15) is 35.3 Å². The van der Waals surface area contributed by atoms with Crippen molar-refractivity contribution in [1.82, 2.24) is 0 Å². The van der Waals surface area contributed by atoms with Gasteiger partial charge in [-0.2, -0.15) is 0 Å². The highest BCUT2D eigenvalue weighted by Gasteiger charge is 2.15. The van der Waals surface area contributed by atoms with Crippen molar-refractivity contribution in [1.29, 1.82) is 0 Å². The summed E-state index contributed by atoms with van der Waals surface area (Å²) in [5.74, 6) is 0.903. The van der Waals surface area contributed by atoms with Crippen molar-refractivity contribution in [3.05, 3.63) is 56.0 Å². The first-order valence-electron chi connectivity index (χ1n) is 7.23. The summed E-state index contributed by atoms with van der Waals surface area (Å²) in [4.78, 5) is 12.4. The molecule has 0 saturated heterocycles. The molecule has 122 valence electrons. The SMILES string of the molecule is Cc1cc(Br)cc(C)c1OC(=O)c1ccc(OC(C)C)c(Br)c1. The average molecular weight is 442 g/mol. The van der Waals surface area contributed by atoms with Crippen LogP contribution in [0.15, 0.2) is 39.3 Å². The van der Waals surface area contributed by atoms with E-state index in [1.807, 2.05) is 39.8 Å². The number of halogens is 2. The van der Waals surface area contributed by atoms with Crippen LogP contribution in [0.4, 0.5) is 0 Å². The first-order valence-corrected chi connectivity index (χ1v) is 8.81. The first-order chi connectivity index (χ1) is 10.8. The van der Waals surface area contributed by atoms with Crippen molar-refractivity contribution < 1.29 is 14.3 Å². The molecule has 5 heteroatoms. The van der Waals surface area contributed by atoms with E-state index in [9.17, 15) is 4.79 Å². The second-order valence-corrected chi connectivity index (χ2v) is 7.34. The van der Waals surface area contributed by atoms with Crippen LogP contribution in [0.2, 0.25) is 0 Å². The lowest BCUT2D eigenvalue weighted by molar-refractivity contribution is 0.0732. The number of hydrogen-bond donors (Lipinski definition) is 0. The van der Waals surface area contributed by atoms with Crippen LogP contribution >= 0.6 is 31.9 Å². The quantitative estimate of drug-likeness (QED) is 0.442. The molecule has 3 nitrogen and oxygen atoms in total. The zero-order valence-electron chi connectivity index (χ0n) is 13.4. The highest BCUT2D eigenvalue weighted by Crippen LogP contribution is 2.30. The molecule has 0 aliphatic heterocycles. The molecule has 0 fully saturated rings. The lowest BCUT2D eigenvalue weighted by Gasteiger charge is -2.13. The Morgan fingerprint density at radius 3 is 2.17 bits per heavy atom. The normalized spacial score (nSPS) is 10.7. The second kappa shape index (κ2) is 7.49. The molecule has 2 rings (SSSR count). The number of carbonyl (C=O) groups is 1. The third-order valence-corrected chi connectivity index (χ3v) is 4.23. The number of aryl methyl sites for hydroxylation is 2. The number of carbonyl (C=O) groups excluding carboxylic acids is 1. The summed E-state index contributed by atoms with van der Waals surface area (Å²) in [5, 5.41) is 0. The highest BCUT2D eigenvalue weighted by molar-refractivity contribution is 9.10. The van der Waals surface area contributed by atoms with Gasteiger partial charge in [0.1, 0.15) is 11.5 Å². The van der Waals surface area contributed by atoms with Crippen LogP contribution in [-0.4, -0.2) is 12.1 Å². The fourth-order valence-corrected chi connectivity index (χ4v) is 3.35. The Hall–Kier alpha value is -1.33. The highest BCUT2D eigenvalue weighted by atomic mass is 79.9. The van der Waals surface area contributed by atoms with E-state index in [0.717, 1.165) is 20.1 Å². The Labute approximate surface area is 153 Å². The van der Waals surface area contributed by atoms with Crippen LogP contribution in [0.5, 0.6) is 11.5 Å². The van der Waals surface area contributed by atoms with Gasteiger partial charge in [-0.25, -0.2) is 4.79 Å². The standard InChI is InChI=1S/C18H18Br2O3/c1-10(2)22-16-6-5-13(9-15(16)20)18(21)23-17-11(3)7-14(19)8-12(17)4/h5-10H,1-4H3. The van der Waals surface area contributed by atoms with Gasteiger partial charge in [0.15, 0.2) is 0 Å². The van der Waals surface area contributed by atoms with E-state index in [1.54, 1.807) is 18.2 Å². The molecule has 0 heterocycles. The van der Waals surface area contributed by atoms with Crippen molar-refractivity contribution in [3.63, 3.8) is 0 Å². The summed E-state index contributed by atoms with van der Waals surface area (Å²) in [5.41, 5.74) is 2.28. The molecule has 0 N–H and O–H groups in total. The van der Waals surface area contributed by atoms with E-state index in [2.05, 4.69) is 31.9 Å².